The molecule has 3 rings (SSSR count). The average Bonchev–Trinajstić information content (AvgIpc) is 2.84. The number of benzene rings is 2. The second kappa shape index (κ2) is 8.42. The highest BCUT2D eigenvalue weighted by molar-refractivity contribution is 5.92. The third-order valence-corrected chi connectivity index (χ3v) is 4.08. The number of guanidine groups is 1. The van der Waals surface area contributed by atoms with Gasteiger partial charge >= 0.3 is 0 Å². The van der Waals surface area contributed by atoms with E-state index in [2.05, 4.69) is 10.3 Å². The standard InChI is InChI=1S/C22H29N3O3/c1-15-6-7-16(19(12-15)28-22(2,3)4)14-24-21(23)25-17-8-9-18-20(13-17)27-11-5-10-26-18/h6-9,12-13H,5,10-11,14H2,1-4H3,(H3,23,24,25). The molecule has 0 amide bonds. The van der Waals surface area contributed by atoms with Crippen molar-refractivity contribution in [2.45, 2.75) is 46.3 Å². The van der Waals surface area contributed by atoms with E-state index in [4.69, 9.17) is 19.9 Å². The van der Waals surface area contributed by atoms with Crippen LogP contribution in [0.15, 0.2) is 41.4 Å². The Balaban J connectivity index is 1.70. The van der Waals surface area contributed by atoms with Gasteiger partial charge in [0.15, 0.2) is 17.5 Å². The Labute approximate surface area is 166 Å². The van der Waals surface area contributed by atoms with E-state index < -0.39 is 0 Å². The molecule has 0 spiro atoms. The fraction of sp³-hybridized carbons (Fsp3) is 0.409. The highest BCUT2D eigenvalue weighted by Gasteiger charge is 2.15. The lowest BCUT2D eigenvalue weighted by Crippen LogP contribution is -2.24. The van der Waals surface area contributed by atoms with Crippen LogP contribution in [0.3, 0.4) is 0 Å². The van der Waals surface area contributed by atoms with Gasteiger partial charge in [-0.3, -0.25) is 0 Å². The molecule has 2 aromatic carbocycles. The second-order valence-electron chi connectivity index (χ2n) is 7.86. The van der Waals surface area contributed by atoms with Crippen molar-refractivity contribution in [1.29, 1.82) is 0 Å². The van der Waals surface area contributed by atoms with Gasteiger partial charge in [-0.15, -0.1) is 0 Å². The second-order valence-corrected chi connectivity index (χ2v) is 7.86. The predicted octanol–water partition coefficient (Wildman–Crippen LogP) is 4.26. The molecule has 0 saturated carbocycles. The van der Waals surface area contributed by atoms with Crippen LogP contribution in [-0.2, 0) is 6.54 Å². The monoisotopic (exact) mass is 383 g/mol. The Morgan fingerprint density at radius 3 is 2.61 bits per heavy atom. The number of nitrogens with one attached hydrogen (secondary N) is 1. The molecule has 6 nitrogen and oxygen atoms in total. The highest BCUT2D eigenvalue weighted by Crippen LogP contribution is 2.32. The number of anilines is 1. The first-order valence-electron chi connectivity index (χ1n) is 9.55. The molecule has 1 aliphatic rings. The zero-order chi connectivity index (χ0) is 20.1. The van der Waals surface area contributed by atoms with Crippen LogP contribution in [0, 0.1) is 6.92 Å². The van der Waals surface area contributed by atoms with Crippen molar-refractivity contribution >= 4 is 11.6 Å². The van der Waals surface area contributed by atoms with Crippen molar-refractivity contribution in [1.82, 2.24) is 0 Å². The van der Waals surface area contributed by atoms with E-state index in [9.17, 15) is 0 Å². The number of rotatable bonds is 4. The summed E-state index contributed by atoms with van der Waals surface area (Å²) in [6.45, 7) is 9.87. The number of hydrogen-bond acceptors (Lipinski definition) is 4. The number of fused-ring (bicyclic) bond motifs is 1. The Hall–Kier alpha value is -2.89. The van der Waals surface area contributed by atoms with Crippen molar-refractivity contribution in [3.05, 3.63) is 47.5 Å². The van der Waals surface area contributed by atoms with Crippen LogP contribution in [0.25, 0.3) is 0 Å². The zero-order valence-electron chi connectivity index (χ0n) is 17.0. The van der Waals surface area contributed by atoms with E-state index in [-0.39, 0.29) is 5.60 Å². The van der Waals surface area contributed by atoms with Crippen molar-refractivity contribution in [2.24, 2.45) is 10.7 Å². The quantitative estimate of drug-likeness (QED) is 0.609. The van der Waals surface area contributed by atoms with Gasteiger partial charge in [0.2, 0.25) is 0 Å². The van der Waals surface area contributed by atoms with Crippen molar-refractivity contribution in [3.63, 3.8) is 0 Å². The maximum Gasteiger partial charge on any atom is 0.193 e. The van der Waals surface area contributed by atoms with E-state index in [1.807, 2.05) is 64.1 Å². The van der Waals surface area contributed by atoms with E-state index >= 15 is 0 Å². The van der Waals surface area contributed by atoms with Crippen LogP contribution in [0.1, 0.15) is 38.3 Å². The minimum absolute atomic E-state index is 0.278. The number of aryl methyl sites for hydroxylation is 1. The molecule has 0 aliphatic carbocycles. The molecule has 1 aliphatic heterocycles. The molecule has 0 unspecified atom stereocenters. The van der Waals surface area contributed by atoms with Gasteiger partial charge in [0.25, 0.3) is 0 Å². The van der Waals surface area contributed by atoms with Gasteiger partial charge in [-0.1, -0.05) is 12.1 Å². The largest absolute Gasteiger partial charge is 0.490 e. The summed E-state index contributed by atoms with van der Waals surface area (Å²) in [5.41, 5.74) is 8.76. The third-order valence-electron chi connectivity index (χ3n) is 4.08. The maximum absolute atomic E-state index is 6.09. The van der Waals surface area contributed by atoms with Crippen LogP contribution >= 0.6 is 0 Å². The summed E-state index contributed by atoms with van der Waals surface area (Å²) in [5.74, 6) is 2.63. The molecular formula is C22H29N3O3. The Morgan fingerprint density at radius 1 is 1.11 bits per heavy atom. The highest BCUT2D eigenvalue weighted by atomic mass is 16.5. The van der Waals surface area contributed by atoms with Gasteiger partial charge in [0, 0.05) is 23.7 Å². The molecule has 0 aromatic heterocycles. The molecule has 0 saturated heterocycles. The van der Waals surface area contributed by atoms with E-state index in [1.165, 1.54) is 0 Å². The zero-order valence-corrected chi connectivity index (χ0v) is 17.0. The molecule has 0 radical (unpaired) electrons. The summed E-state index contributed by atoms with van der Waals surface area (Å²) in [4.78, 5) is 4.47. The average molecular weight is 383 g/mol. The van der Waals surface area contributed by atoms with Crippen LogP contribution in [0.5, 0.6) is 17.2 Å². The summed E-state index contributed by atoms with van der Waals surface area (Å²) < 4.78 is 17.4. The molecule has 28 heavy (non-hydrogen) atoms. The summed E-state index contributed by atoms with van der Waals surface area (Å²) >= 11 is 0. The first kappa shape index (κ1) is 19.9. The van der Waals surface area contributed by atoms with Gasteiger partial charge in [-0.05, 0) is 51.5 Å². The van der Waals surface area contributed by atoms with Crippen LogP contribution in [0.2, 0.25) is 0 Å². The van der Waals surface area contributed by atoms with Crippen molar-refractivity contribution in [2.75, 3.05) is 18.5 Å². The van der Waals surface area contributed by atoms with Gasteiger partial charge in [0.05, 0.1) is 19.8 Å². The minimum Gasteiger partial charge on any atom is -0.490 e. The van der Waals surface area contributed by atoms with Crippen molar-refractivity contribution < 1.29 is 14.2 Å². The molecule has 1 heterocycles. The third kappa shape index (κ3) is 5.55. The maximum atomic E-state index is 6.09. The van der Waals surface area contributed by atoms with Gasteiger partial charge in [-0.25, -0.2) is 4.99 Å². The summed E-state index contributed by atoms with van der Waals surface area (Å²) in [7, 11) is 0. The summed E-state index contributed by atoms with van der Waals surface area (Å²) in [5, 5.41) is 3.11. The van der Waals surface area contributed by atoms with Crippen LogP contribution in [0.4, 0.5) is 5.69 Å². The smallest absolute Gasteiger partial charge is 0.193 e. The molecule has 3 N–H and O–H groups in total. The number of ether oxygens (including phenoxy) is 3. The lowest BCUT2D eigenvalue weighted by molar-refractivity contribution is 0.129. The van der Waals surface area contributed by atoms with Crippen LogP contribution < -0.4 is 25.3 Å². The van der Waals surface area contributed by atoms with Crippen LogP contribution in [-0.4, -0.2) is 24.8 Å². The van der Waals surface area contributed by atoms with E-state index in [1.54, 1.807) is 0 Å². The molecular weight excluding hydrogens is 354 g/mol. The Bertz CT molecular complexity index is 857. The molecule has 150 valence electrons. The van der Waals surface area contributed by atoms with Gasteiger partial charge in [0.1, 0.15) is 11.4 Å². The fourth-order valence-electron chi connectivity index (χ4n) is 2.82. The van der Waals surface area contributed by atoms with Crippen molar-refractivity contribution in [3.8, 4) is 17.2 Å². The number of nitrogens with zero attached hydrogens (tertiary/aromatic N) is 1. The topological polar surface area (TPSA) is 78.1 Å². The Morgan fingerprint density at radius 2 is 1.86 bits per heavy atom. The molecule has 0 fully saturated rings. The predicted molar refractivity (Wildman–Crippen MR) is 113 cm³/mol. The van der Waals surface area contributed by atoms with E-state index in [0.717, 1.165) is 40.5 Å². The lowest BCUT2D eigenvalue weighted by Gasteiger charge is -2.23. The normalized spacial score (nSPS) is 14.4. The minimum atomic E-state index is -0.278. The fourth-order valence-corrected chi connectivity index (χ4v) is 2.82. The SMILES string of the molecule is Cc1ccc(CN=C(N)Nc2ccc3c(c2)OCCCO3)c(OC(C)(C)C)c1. The molecule has 0 bridgehead atoms. The first-order valence-corrected chi connectivity index (χ1v) is 9.55. The Kier molecular flexibility index (Phi) is 5.97. The summed E-state index contributed by atoms with van der Waals surface area (Å²) in [6.07, 6.45) is 0.872. The molecule has 0 atom stereocenters. The summed E-state index contributed by atoms with van der Waals surface area (Å²) in [6, 6.07) is 11.8. The number of nitrogens with two attached hydrogens (primary N) is 1. The molecule has 2 aromatic rings. The number of aliphatic imine (C=N–C) groups is 1. The number of hydrogen-bond donors (Lipinski definition) is 2. The lowest BCUT2D eigenvalue weighted by atomic mass is 10.1. The molecule has 6 heteroatoms. The van der Waals surface area contributed by atoms with Gasteiger partial charge in [-0.2, -0.15) is 0 Å². The van der Waals surface area contributed by atoms with Gasteiger partial charge < -0.3 is 25.3 Å². The van der Waals surface area contributed by atoms with E-state index in [0.29, 0.717) is 25.7 Å². The first-order chi connectivity index (χ1) is 13.3.